The average Bonchev–Trinajstić information content (AvgIpc) is 2.97. The van der Waals surface area contributed by atoms with Crippen LogP contribution in [0.4, 0.5) is 0 Å². The van der Waals surface area contributed by atoms with Crippen LogP contribution in [0.2, 0.25) is 0 Å². The lowest BCUT2D eigenvalue weighted by molar-refractivity contribution is 0.0685. The van der Waals surface area contributed by atoms with Gasteiger partial charge in [-0.2, -0.15) is 0 Å². The number of aromatic nitrogens is 2. The van der Waals surface area contributed by atoms with E-state index in [2.05, 4.69) is 4.98 Å². The maximum absolute atomic E-state index is 11.2. The van der Waals surface area contributed by atoms with Crippen molar-refractivity contribution in [3.05, 3.63) is 78.4 Å². The summed E-state index contributed by atoms with van der Waals surface area (Å²) in [6, 6.07) is 18.0. The Kier molecular flexibility index (Phi) is 3.51. The molecule has 1 N–H and O–H groups in total. The zero-order chi connectivity index (χ0) is 14.7. The Hall–Kier alpha value is -2.88. The molecule has 3 rings (SSSR count). The Morgan fingerprint density at radius 2 is 1.76 bits per heavy atom. The molecular formula is C17H14N2O2. The van der Waals surface area contributed by atoms with Gasteiger partial charge in [-0.3, -0.25) is 0 Å². The number of benzene rings is 2. The highest BCUT2D eigenvalue weighted by Crippen LogP contribution is 2.24. The van der Waals surface area contributed by atoms with Gasteiger partial charge in [0.25, 0.3) is 0 Å². The van der Waals surface area contributed by atoms with E-state index in [1.807, 2.05) is 54.6 Å². The highest BCUT2D eigenvalue weighted by Gasteiger charge is 2.12. The largest absolute Gasteiger partial charge is 0.477 e. The molecule has 104 valence electrons. The van der Waals surface area contributed by atoms with Crippen molar-refractivity contribution < 1.29 is 9.90 Å². The molecule has 0 saturated carbocycles. The summed E-state index contributed by atoms with van der Waals surface area (Å²) in [6.45, 7) is 0.479. The number of carboxylic acids is 1. The Labute approximate surface area is 122 Å². The van der Waals surface area contributed by atoms with Crippen LogP contribution in [0, 0.1) is 0 Å². The predicted molar refractivity (Wildman–Crippen MR) is 80.2 cm³/mol. The summed E-state index contributed by atoms with van der Waals surface area (Å²) in [6.07, 6.45) is 2.92. The van der Waals surface area contributed by atoms with Crippen molar-refractivity contribution >= 4 is 5.97 Å². The second-order valence-corrected chi connectivity index (χ2v) is 4.74. The fourth-order valence-electron chi connectivity index (χ4n) is 2.37. The van der Waals surface area contributed by atoms with Crippen LogP contribution in [-0.2, 0) is 6.54 Å². The van der Waals surface area contributed by atoms with Crippen LogP contribution >= 0.6 is 0 Å². The highest BCUT2D eigenvalue weighted by molar-refractivity contribution is 5.85. The zero-order valence-corrected chi connectivity index (χ0v) is 11.3. The summed E-state index contributed by atoms with van der Waals surface area (Å²) in [5.41, 5.74) is 3.47. The van der Waals surface area contributed by atoms with Gasteiger partial charge in [-0.15, -0.1) is 0 Å². The molecule has 2 aromatic carbocycles. The molecule has 0 saturated heterocycles. The number of carboxylic acid groups (broad SMARTS) is 1. The normalized spacial score (nSPS) is 10.5. The molecule has 4 heteroatoms. The van der Waals surface area contributed by atoms with Crippen LogP contribution in [0.15, 0.2) is 67.1 Å². The molecule has 0 unspecified atom stereocenters. The first-order valence-electron chi connectivity index (χ1n) is 6.62. The standard InChI is InChI=1S/C17H14N2O2/c20-17(21)16-10-18-12-19(16)11-14-8-4-5-9-15(14)13-6-2-1-3-7-13/h1-10,12H,11H2,(H,20,21). The SMILES string of the molecule is O=C(O)c1cncn1Cc1ccccc1-c1ccccc1. The Bertz CT molecular complexity index is 763. The van der Waals surface area contributed by atoms with Crippen LogP contribution in [0.25, 0.3) is 11.1 Å². The van der Waals surface area contributed by atoms with Crippen molar-refractivity contribution in [3.8, 4) is 11.1 Å². The van der Waals surface area contributed by atoms with Crippen LogP contribution in [-0.4, -0.2) is 20.6 Å². The summed E-state index contributed by atoms with van der Waals surface area (Å²) in [7, 11) is 0. The topological polar surface area (TPSA) is 55.1 Å². The number of carbonyl (C=O) groups is 1. The van der Waals surface area contributed by atoms with Crippen LogP contribution in [0.5, 0.6) is 0 Å². The minimum absolute atomic E-state index is 0.192. The van der Waals surface area contributed by atoms with E-state index in [4.69, 9.17) is 5.11 Å². The van der Waals surface area contributed by atoms with Crippen LogP contribution in [0.3, 0.4) is 0 Å². The quantitative estimate of drug-likeness (QED) is 0.796. The molecule has 0 atom stereocenters. The number of aromatic carboxylic acids is 1. The highest BCUT2D eigenvalue weighted by atomic mass is 16.4. The van der Waals surface area contributed by atoms with Crippen molar-refractivity contribution in [1.82, 2.24) is 9.55 Å². The fraction of sp³-hybridized carbons (Fsp3) is 0.0588. The van der Waals surface area contributed by atoms with Gasteiger partial charge in [0, 0.05) is 6.54 Å². The monoisotopic (exact) mass is 278 g/mol. The average molecular weight is 278 g/mol. The molecule has 0 aliphatic heterocycles. The van der Waals surface area contributed by atoms with Crippen LogP contribution in [0.1, 0.15) is 16.1 Å². The summed E-state index contributed by atoms with van der Waals surface area (Å²) < 4.78 is 1.64. The third-order valence-corrected chi connectivity index (χ3v) is 3.37. The minimum Gasteiger partial charge on any atom is -0.477 e. The van der Waals surface area contributed by atoms with Gasteiger partial charge in [-0.1, -0.05) is 54.6 Å². The molecule has 0 aliphatic rings. The number of nitrogens with zero attached hydrogens (tertiary/aromatic N) is 2. The lowest BCUT2D eigenvalue weighted by atomic mass is 10.00. The van der Waals surface area contributed by atoms with Gasteiger partial charge in [0.1, 0.15) is 5.69 Å². The Morgan fingerprint density at radius 3 is 2.52 bits per heavy atom. The first kappa shape index (κ1) is 13.1. The molecule has 3 aromatic rings. The van der Waals surface area contributed by atoms with E-state index in [0.717, 1.165) is 16.7 Å². The van der Waals surface area contributed by atoms with E-state index in [1.54, 1.807) is 10.9 Å². The van der Waals surface area contributed by atoms with Crippen molar-refractivity contribution in [3.63, 3.8) is 0 Å². The maximum Gasteiger partial charge on any atom is 0.354 e. The summed E-state index contributed by atoms with van der Waals surface area (Å²) in [5, 5.41) is 9.16. The third-order valence-electron chi connectivity index (χ3n) is 3.37. The smallest absolute Gasteiger partial charge is 0.354 e. The Balaban J connectivity index is 2.00. The lowest BCUT2D eigenvalue weighted by Crippen LogP contribution is -2.09. The van der Waals surface area contributed by atoms with E-state index in [1.165, 1.54) is 6.20 Å². The molecule has 0 fully saturated rings. The van der Waals surface area contributed by atoms with Gasteiger partial charge < -0.3 is 9.67 Å². The van der Waals surface area contributed by atoms with Crippen molar-refractivity contribution in [2.75, 3.05) is 0 Å². The lowest BCUT2D eigenvalue weighted by Gasteiger charge is -2.11. The van der Waals surface area contributed by atoms with E-state index in [9.17, 15) is 4.79 Å². The maximum atomic E-state index is 11.2. The molecule has 0 aliphatic carbocycles. The second-order valence-electron chi connectivity index (χ2n) is 4.74. The van der Waals surface area contributed by atoms with Crippen molar-refractivity contribution in [1.29, 1.82) is 0 Å². The summed E-state index contributed by atoms with van der Waals surface area (Å²) in [5.74, 6) is -0.968. The predicted octanol–water partition coefficient (Wildman–Crippen LogP) is 3.30. The molecule has 4 nitrogen and oxygen atoms in total. The fourth-order valence-corrected chi connectivity index (χ4v) is 2.37. The molecule has 21 heavy (non-hydrogen) atoms. The first-order chi connectivity index (χ1) is 10.3. The molecule has 1 aromatic heterocycles. The first-order valence-corrected chi connectivity index (χ1v) is 6.62. The molecular weight excluding hydrogens is 264 g/mol. The zero-order valence-electron chi connectivity index (χ0n) is 11.3. The van der Waals surface area contributed by atoms with Crippen molar-refractivity contribution in [2.45, 2.75) is 6.54 Å². The van der Waals surface area contributed by atoms with Crippen molar-refractivity contribution in [2.24, 2.45) is 0 Å². The van der Waals surface area contributed by atoms with Gasteiger partial charge in [-0.05, 0) is 16.7 Å². The third kappa shape index (κ3) is 2.69. The van der Waals surface area contributed by atoms with Gasteiger partial charge >= 0.3 is 5.97 Å². The summed E-state index contributed by atoms with van der Waals surface area (Å²) >= 11 is 0. The van der Waals surface area contributed by atoms with E-state index >= 15 is 0 Å². The molecule has 0 radical (unpaired) electrons. The van der Waals surface area contributed by atoms with E-state index in [-0.39, 0.29) is 5.69 Å². The number of hydrogen-bond donors (Lipinski definition) is 1. The Morgan fingerprint density at radius 1 is 1.05 bits per heavy atom. The van der Waals surface area contributed by atoms with Gasteiger partial charge in [0.15, 0.2) is 0 Å². The number of hydrogen-bond acceptors (Lipinski definition) is 2. The number of imidazole rings is 1. The van der Waals surface area contributed by atoms with Gasteiger partial charge in [-0.25, -0.2) is 9.78 Å². The molecule has 0 bridgehead atoms. The molecule has 0 spiro atoms. The van der Waals surface area contributed by atoms with Crippen LogP contribution < -0.4 is 0 Å². The molecule has 0 amide bonds. The summed E-state index contributed by atoms with van der Waals surface area (Å²) in [4.78, 5) is 15.1. The van der Waals surface area contributed by atoms with E-state index in [0.29, 0.717) is 6.54 Å². The molecule has 1 heterocycles. The van der Waals surface area contributed by atoms with Gasteiger partial charge in [0.05, 0.1) is 12.5 Å². The number of rotatable bonds is 4. The van der Waals surface area contributed by atoms with E-state index < -0.39 is 5.97 Å². The minimum atomic E-state index is -0.968. The second kappa shape index (κ2) is 5.63. The van der Waals surface area contributed by atoms with Gasteiger partial charge in [0.2, 0.25) is 0 Å².